The summed E-state index contributed by atoms with van der Waals surface area (Å²) in [5.41, 5.74) is -0.662. The topological polar surface area (TPSA) is 94.9 Å². The lowest BCUT2D eigenvalue weighted by molar-refractivity contribution is -0.118. The molecule has 3 saturated heterocycles. The molecule has 0 saturated carbocycles. The number of aromatic nitrogens is 2. The zero-order chi connectivity index (χ0) is 22.3. The number of hydrogen-bond donors (Lipinski definition) is 1. The van der Waals surface area contributed by atoms with E-state index in [1.54, 1.807) is 26.1 Å². The van der Waals surface area contributed by atoms with Crippen molar-refractivity contribution < 1.29 is 18.6 Å². The number of anilines is 1. The van der Waals surface area contributed by atoms with Crippen LogP contribution in [0.5, 0.6) is 0 Å². The van der Waals surface area contributed by atoms with E-state index in [0.29, 0.717) is 12.5 Å². The lowest BCUT2D eigenvalue weighted by Gasteiger charge is -2.25. The molecule has 172 valence electrons. The summed E-state index contributed by atoms with van der Waals surface area (Å²) in [6.45, 7) is 10.9. The SMILES string of the molecule is CC[C@H]1O[C@@H](n2ccc(NC(=O)C(C)C)nc2=O)CC1O[P@@]1OC(C)(C)[C@@H]2CCCN21. The van der Waals surface area contributed by atoms with E-state index in [2.05, 4.69) is 35.7 Å². The van der Waals surface area contributed by atoms with Gasteiger partial charge in [0.2, 0.25) is 5.91 Å². The van der Waals surface area contributed by atoms with Crippen molar-refractivity contribution in [2.75, 3.05) is 11.9 Å². The van der Waals surface area contributed by atoms with Crippen LogP contribution in [0, 0.1) is 5.92 Å². The van der Waals surface area contributed by atoms with Gasteiger partial charge in [0.25, 0.3) is 8.53 Å². The van der Waals surface area contributed by atoms with Crippen LogP contribution in [-0.4, -0.2) is 50.5 Å². The molecule has 1 aromatic heterocycles. The number of carbonyl (C=O) groups excluding carboxylic acids is 1. The first kappa shape index (κ1) is 22.8. The van der Waals surface area contributed by atoms with Crippen molar-refractivity contribution in [1.82, 2.24) is 14.2 Å². The first-order chi connectivity index (χ1) is 14.7. The molecular formula is C21H33N4O5P. The number of carbonyl (C=O) groups is 1. The van der Waals surface area contributed by atoms with Crippen molar-refractivity contribution in [3.63, 3.8) is 0 Å². The van der Waals surface area contributed by atoms with Crippen LogP contribution in [0.3, 0.4) is 0 Å². The third-order valence-corrected chi connectivity index (χ3v) is 8.25. The van der Waals surface area contributed by atoms with E-state index < -0.39 is 20.4 Å². The highest BCUT2D eigenvalue weighted by Crippen LogP contribution is 2.61. The van der Waals surface area contributed by atoms with Crippen LogP contribution in [-0.2, 0) is 18.6 Å². The Labute approximate surface area is 184 Å². The number of ether oxygens (including phenoxy) is 1. The average molecular weight is 452 g/mol. The molecule has 0 bridgehead atoms. The maximum absolute atomic E-state index is 12.6. The highest BCUT2D eigenvalue weighted by atomic mass is 31.2. The molecule has 5 atom stereocenters. The molecule has 3 aliphatic heterocycles. The van der Waals surface area contributed by atoms with Gasteiger partial charge in [-0.2, -0.15) is 4.98 Å². The summed E-state index contributed by atoms with van der Waals surface area (Å²) in [5.74, 6) is -0.114. The Kier molecular flexibility index (Phi) is 6.52. The summed E-state index contributed by atoms with van der Waals surface area (Å²) in [4.78, 5) is 28.5. The Balaban J connectivity index is 1.45. The fourth-order valence-electron chi connectivity index (χ4n) is 4.48. The molecule has 4 heterocycles. The lowest BCUT2D eigenvalue weighted by Crippen LogP contribution is -2.36. The molecule has 3 fully saturated rings. The highest BCUT2D eigenvalue weighted by Gasteiger charge is 2.53. The van der Waals surface area contributed by atoms with Gasteiger partial charge in [-0.05, 0) is 39.2 Å². The molecule has 1 unspecified atom stereocenters. The number of fused-ring (bicyclic) bond motifs is 1. The minimum atomic E-state index is -1.13. The smallest absolute Gasteiger partial charge is 0.351 e. The Hall–Kier alpha value is -1.38. The summed E-state index contributed by atoms with van der Waals surface area (Å²) in [6, 6.07) is 2.03. The van der Waals surface area contributed by atoms with E-state index >= 15 is 0 Å². The summed E-state index contributed by atoms with van der Waals surface area (Å²) < 4.78 is 22.8. The summed E-state index contributed by atoms with van der Waals surface area (Å²) >= 11 is 0. The van der Waals surface area contributed by atoms with Gasteiger partial charge in [0.1, 0.15) is 12.0 Å². The third kappa shape index (κ3) is 4.57. The van der Waals surface area contributed by atoms with Crippen molar-refractivity contribution >= 4 is 20.3 Å². The van der Waals surface area contributed by atoms with Crippen molar-refractivity contribution in [2.45, 2.75) is 90.4 Å². The summed E-state index contributed by atoms with van der Waals surface area (Å²) in [7, 11) is -1.13. The number of nitrogens with zero attached hydrogens (tertiary/aromatic N) is 3. The van der Waals surface area contributed by atoms with Crippen molar-refractivity contribution in [2.24, 2.45) is 5.92 Å². The fraction of sp³-hybridized carbons (Fsp3) is 0.762. The number of rotatable bonds is 6. The third-order valence-electron chi connectivity index (χ3n) is 6.27. The Morgan fingerprint density at radius 2 is 2.23 bits per heavy atom. The Morgan fingerprint density at radius 1 is 1.45 bits per heavy atom. The van der Waals surface area contributed by atoms with Gasteiger partial charge in [0.05, 0.1) is 17.8 Å². The summed E-state index contributed by atoms with van der Waals surface area (Å²) in [5, 5.41) is 2.66. The molecule has 0 aliphatic carbocycles. The second-order valence-electron chi connectivity index (χ2n) is 9.32. The van der Waals surface area contributed by atoms with Crippen molar-refractivity contribution in [1.29, 1.82) is 0 Å². The van der Waals surface area contributed by atoms with Gasteiger partial charge >= 0.3 is 5.69 Å². The maximum atomic E-state index is 12.6. The second kappa shape index (κ2) is 8.87. The van der Waals surface area contributed by atoms with Crippen LogP contribution in [0.1, 0.15) is 66.5 Å². The van der Waals surface area contributed by atoms with Crippen LogP contribution in [0.2, 0.25) is 0 Å². The lowest BCUT2D eigenvalue weighted by atomic mass is 9.98. The first-order valence-electron chi connectivity index (χ1n) is 11.2. The molecule has 1 amide bonds. The zero-order valence-electron chi connectivity index (χ0n) is 18.9. The standard InChI is InChI=1S/C21H33N4O5P/c1-6-14-15(29-31-25-10-7-8-16(25)21(4,5)30-31)12-18(28-14)24-11-9-17(23-20(24)27)22-19(26)13(2)3/h9,11,13-16,18H,6-8,10,12H2,1-5H3,(H,22,23,26,27)/t14-,15?,16+,18-,31+/m1/s1. The Bertz CT molecular complexity index is 876. The molecule has 31 heavy (non-hydrogen) atoms. The van der Waals surface area contributed by atoms with E-state index in [-0.39, 0.29) is 35.5 Å². The molecule has 0 aromatic carbocycles. The van der Waals surface area contributed by atoms with Gasteiger partial charge in [-0.3, -0.25) is 9.36 Å². The molecule has 0 spiro atoms. The molecule has 1 aromatic rings. The van der Waals surface area contributed by atoms with E-state index in [4.69, 9.17) is 13.8 Å². The van der Waals surface area contributed by atoms with Crippen molar-refractivity contribution in [3.05, 3.63) is 22.7 Å². The fourth-order valence-corrected chi connectivity index (χ4v) is 6.66. The van der Waals surface area contributed by atoms with Gasteiger partial charge in [-0.15, -0.1) is 0 Å². The number of hydrogen-bond acceptors (Lipinski definition) is 7. The van der Waals surface area contributed by atoms with E-state index in [9.17, 15) is 9.59 Å². The quantitative estimate of drug-likeness (QED) is 0.661. The zero-order valence-corrected chi connectivity index (χ0v) is 19.8. The van der Waals surface area contributed by atoms with E-state index in [1.165, 1.54) is 11.0 Å². The van der Waals surface area contributed by atoms with Crippen LogP contribution in [0.4, 0.5) is 5.82 Å². The molecular weight excluding hydrogens is 419 g/mol. The normalized spacial score (nSPS) is 32.5. The predicted molar refractivity (Wildman–Crippen MR) is 117 cm³/mol. The van der Waals surface area contributed by atoms with Crippen molar-refractivity contribution in [3.8, 4) is 0 Å². The molecule has 1 N–H and O–H groups in total. The molecule has 9 nitrogen and oxygen atoms in total. The van der Waals surface area contributed by atoms with Gasteiger partial charge in [0.15, 0.2) is 0 Å². The number of amides is 1. The minimum absolute atomic E-state index is 0.118. The van der Waals surface area contributed by atoms with Crippen LogP contribution in [0.15, 0.2) is 17.1 Å². The van der Waals surface area contributed by atoms with Crippen LogP contribution < -0.4 is 11.0 Å². The summed E-state index contributed by atoms with van der Waals surface area (Å²) in [6.07, 6.45) is 4.54. The minimum Gasteiger partial charge on any atom is -0.352 e. The largest absolute Gasteiger partial charge is 0.352 e. The van der Waals surface area contributed by atoms with Crippen LogP contribution >= 0.6 is 8.53 Å². The van der Waals surface area contributed by atoms with E-state index in [0.717, 1.165) is 19.4 Å². The van der Waals surface area contributed by atoms with Gasteiger partial charge in [0, 0.05) is 31.1 Å². The van der Waals surface area contributed by atoms with E-state index in [1.807, 2.05) is 0 Å². The van der Waals surface area contributed by atoms with Gasteiger partial charge < -0.3 is 19.1 Å². The monoisotopic (exact) mass is 452 g/mol. The maximum Gasteiger partial charge on any atom is 0.351 e. The first-order valence-corrected chi connectivity index (χ1v) is 12.3. The van der Waals surface area contributed by atoms with Gasteiger partial charge in [-0.25, -0.2) is 9.46 Å². The molecule has 3 aliphatic rings. The molecule has 4 rings (SSSR count). The highest BCUT2D eigenvalue weighted by molar-refractivity contribution is 7.45. The van der Waals surface area contributed by atoms with Gasteiger partial charge in [-0.1, -0.05) is 20.8 Å². The predicted octanol–water partition coefficient (Wildman–Crippen LogP) is 3.42. The number of nitrogens with one attached hydrogen (secondary N) is 1. The Morgan fingerprint density at radius 3 is 2.90 bits per heavy atom. The molecule has 10 heteroatoms. The second-order valence-corrected chi connectivity index (χ2v) is 10.7. The average Bonchev–Trinajstić information content (AvgIpc) is 3.39. The van der Waals surface area contributed by atoms with Crippen LogP contribution in [0.25, 0.3) is 0 Å². The molecule has 0 radical (unpaired) electrons.